The smallest absolute Gasteiger partial charge is 0.243 e. The summed E-state index contributed by atoms with van der Waals surface area (Å²) in [4.78, 5) is 56.1. The summed E-state index contributed by atoms with van der Waals surface area (Å²) in [6.45, 7) is 14.3. The zero-order chi connectivity index (χ0) is 54.4. The number of benzene rings is 3. The van der Waals surface area contributed by atoms with Crippen LogP contribution in [0.15, 0.2) is 60.2 Å². The minimum Gasteiger partial charge on any atom is -0.495 e. The summed E-state index contributed by atoms with van der Waals surface area (Å²) in [5, 5.41) is 31.5. The fraction of sp³-hybridized carbons (Fsp3) is 0.491. The topological polar surface area (TPSA) is 213 Å². The lowest BCUT2D eigenvalue weighted by Gasteiger charge is -2.35. The number of nitrogens with one attached hydrogen (secondary N) is 3. The molecular formula is C55H69Cl2N9O9S. The van der Waals surface area contributed by atoms with Gasteiger partial charge in [0.25, 0.3) is 0 Å². The molecule has 0 spiro atoms. The zero-order valence-electron chi connectivity index (χ0n) is 44.1. The monoisotopic (exact) mass is 1100 g/mol. The first kappa shape index (κ1) is 57.9. The van der Waals surface area contributed by atoms with Gasteiger partial charge < -0.3 is 54.5 Å². The first-order valence-corrected chi connectivity index (χ1v) is 27.2. The van der Waals surface area contributed by atoms with Crippen LogP contribution in [0.2, 0.25) is 10.0 Å². The second-order valence-electron chi connectivity index (χ2n) is 19.9. The van der Waals surface area contributed by atoms with Gasteiger partial charge in [-0.05, 0) is 55.0 Å². The van der Waals surface area contributed by atoms with Gasteiger partial charge in [-0.1, -0.05) is 68.2 Å². The SMILES string of the molecule is COc1cc(Nc2c(C#N)cnc3cc(OCCCN4CCN(C(=O)CCOCCOCCCN[C@H](C(=O)N5C[C@H](O)C[C@H]5C(=O)NCc5ccc(-c6scnc6C)cc5)C(C)(C)C)CC4)c(OC)cc23)c(Cl)cc1Cl. The molecule has 3 atom stereocenters. The lowest BCUT2D eigenvalue weighted by Crippen LogP contribution is -2.56. The van der Waals surface area contributed by atoms with Crippen LogP contribution in [0.5, 0.6) is 17.2 Å². The second-order valence-corrected chi connectivity index (χ2v) is 21.5. The van der Waals surface area contributed by atoms with E-state index < -0.39 is 23.6 Å². The molecule has 0 radical (unpaired) electrons. The minimum atomic E-state index is -0.788. The Balaban J connectivity index is 0.750. The summed E-state index contributed by atoms with van der Waals surface area (Å²) in [5.41, 5.74) is 6.25. The molecule has 0 unspecified atom stereocenters. The summed E-state index contributed by atoms with van der Waals surface area (Å²) in [6, 6.07) is 15.6. The number of rotatable bonds is 25. The zero-order valence-corrected chi connectivity index (χ0v) is 46.4. The Bertz CT molecular complexity index is 2820. The summed E-state index contributed by atoms with van der Waals surface area (Å²) in [5.74, 6) is 0.993. The molecule has 2 aromatic heterocycles. The van der Waals surface area contributed by atoms with Crippen LogP contribution in [0.3, 0.4) is 0 Å². The maximum Gasteiger partial charge on any atom is 0.243 e. The van der Waals surface area contributed by atoms with Gasteiger partial charge >= 0.3 is 0 Å². The fourth-order valence-corrected chi connectivity index (χ4v) is 10.6. The number of β-amino-alcohol motifs (C(OH)–C–C–N with tert-alkyl or cyclic N) is 1. The number of hydrogen-bond donors (Lipinski definition) is 4. The number of thiazole rings is 1. The second kappa shape index (κ2) is 27.5. The van der Waals surface area contributed by atoms with E-state index in [9.17, 15) is 24.8 Å². The van der Waals surface area contributed by atoms with Crippen LogP contribution in [-0.2, 0) is 30.4 Å². The summed E-state index contributed by atoms with van der Waals surface area (Å²) in [6.07, 6.45) is 2.58. The van der Waals surface area contributed by atoms with Crippen molar-refractivity contribution in [3.05, 3.63) is 87.1 Å². The Morgan fingerprint density at radius 2 is 1.64 bits per heavy atom. The van der Waals surface area contributed by atoms with Crippen molar-refractivity contribution >= 4 is 74.5 Å². The number of likely N-dealkylation sites (tertiary alicyclic amines) is 1. The van der Waals surface area contributed by atoms with Crippen molar-refractivity contribution < 1.29 is 43.2 Å². The number of hydrogen-bond acceptors (Lipinski definition) is 16. The number of ether oxygens (including phenoxy) is 5. The Labute approximate surface area is 458 Å². The van der Waals surface area contributed by atoms with Crippen molar-refractivity contribution in [2.75, 3.05) is 98.4 Å². The van der Waals surface area contributed by atoms with E-state index in [1.54, 1.807) is 42.7 Å². The number of fused-ring (bicyclic) bond motifs is 1. The summed E-state index contributed by atoms with van der Waals surface area (Å²) in [7, 11) is 3.07. The van der Waals surface area contributed by atoms with Crippen molar-refractivity contribution in [3.8, 4) is 33.8 Å². The highest BCUT2D eigenvalue weighted by Crippen LogP contribution is 2.41. The molecule has 18 nitrogen and oxygen atoms in total. The molecule has 0 aliphatic carbocycles. The molecule has 2 aliphatic heterocycles. The molecule has 2 saturated heterocycles. The highest BCUT2D eigenvalue weighted by Gasteiger charge is 2.43. The number of amides is 3. The van der Waals surface area contributed by atoms with Crippen molar-refractivity contribution in [2.24, 2.45) is 5.41 Å². The first-order valence-electron chi connectivity index (χ1n) is 25.6. The van der Waals surface area contributed by atoms with Crippen LogP contribution in [0.1, 0.15) is 63.3 Å². The minimum absolute atomic E-state index is 0.0609. The van der Waals surface area contributed by atoms with Crippen LogP contribution in [-0.4, -0.2) is 159 Å². The van der Waals surface area contributed by atoms with E-state index in [4.69, 9.17) is 46.9 Å². The number of aryl methyl sites for hydroxylation is 1. The number of piperazine rings is 1. The number of pyridine rings is 1. The van der Waals surface area contributed by atoms with E-state index >= 15 is 0 Å². The molecule has 7 rings (SSSR count). The molecule has 3 aromatic carbocycles. The van der Waals surface area contributed by atoms with Crippen molar-refractivity contribution in [1.29, 1.82) is 5.26 Å². The van der Waals surface area contributed by atoms with Gasteiger partial charge in [0.2, 0.25) is 17.7 Å². The van der Waals surface area contributed by atoms with Gasteiger partial charge in [-0.3, -0.25) is 24.3 Å². The maximum absolute atomic E-state index is 14.0. The van der Waals surface area contributed by atoms with Crippen molar-refractivity contribution in [1.82, 2.24) is 35.3 Å². The van der Waals surface area contributed by atoms with Gasteiger partial charge in [-0.15, -0.1) is 11.3 Å². The summed E-state index contributed by atoms with van der Waals surface area (Å²) < 4.78 is 28.8. The lowest BCUT2D eigenvalue weighted by molar-refractivity contribution is -0.142. The van der Waals surface area contributed by atoms with Crippen LogP contribution in [0.25, 0.3) is 21.3 Å². The van der Waals surface area contributed by atoms with Gasteiger partial charge in [0.15, 0.2) is 11.5 Å². The molecule has 0 bridgehead atoms. The van der Waals surface area contributed by atoms with Gasteiger partial charge in [-0.25, -0.2) is 4.98 Å². The number of nitrogens with zero attached hydrogens (tertiary/aromatic N) is 6. The first-order chi connectivity index (χ1) is 36.6. The van der Waals surface area contributed by atoms with Gasteiger partial charge in [-0.2, -0.15) is 5.26 Å². The third kappa shape index (κ3) is 15.2. The standard InChI is InChI=1S/C55H69Cl2N9O9S/c1-35-51(76-34-62-35)37-11-9-36(10-12-37)31-61-53(69)45-25-39(67)33-66(45)54(70)52(55(2,3)4)59-14-7-20-73-23-24-74-22-13-49(68)65-18-16-64(17-19-65)15-8-21-75-48-28-43-40(26-47(48)72-6)50(38(30-58)32-60-43)63-44-29-46(71-5)42(57)27-41(44)56/h9-12,26-29,32,34,39,45,52,59,67H,7-8,13-25,31,33H2,1-6H3,(H,60,63)(H,61,69)/t39-,45+,52-/m1/s1. The average molecular weight is 1100 g/mol. The Hall–Kier alpha value is -5.82. The fourth-order valence-electron chi connectivity index (χ4n) is 9.25. The van der Waals surface area contributed by atoms with Crippen LogP contribution in [0.4, 0.5) is 11.4 Å². The van der Waals surface area contributed by atoms with Crippen LogP contribution in [0, 0.1) is 23.7 Å². The van der Waals surface area contributed by atoms with Crippen molar-refractivity contribution in [2.45, 2.75) is 78.1 Å². The molecule has 21 heteroatoms. The number of anilines is 2. The predicted octanol–water partition coefficient (Wildman–Crippen LogP) is 7.62. The molecular weight excluding hydrogens is 1030 g/mol. The normalized spacial score (nSPS) is 16.4. The highest BCUT2D eigenvalue weighted by molar-refractivity contribution is 7.13. The van der Waals surface area contributed by atoms with E-state index in [0.29, 0.717) is 127 Å². The van der Waals surface area contributed by atoms with Crippen LogP contribution < -0.4 is 30.2 Å². The van der Waals surface area contributed by atoms with Crippen LogP contribution >= 0.6 is 34.5 Å². The van der Waals surface area contributed by atoms with E-state index in [0.717, 1.165) is 47.8 Å². The number of aromatic nitrogens is 2. The molecule has 0 saturated carbocycles. The highest BCUT2D eigenvalue weighted by atomic mass is 35.5. The Kier molecular flexibility index (Phi) is 20.9. The van der Waals surface area contributed by atoms with E-state index in [1.807, 2.05) is 62.4 Å². The molecule has 76 heavy (non-hydrogen) atoms. The van der Waals surface area contributed by atoms with Crippen molar-refractivity contribution in [3.63, 3.8) is 0 Å². The molecule has 4 heterocycles. The van der Waals surface area contributed by atoms with E-state index in [2.05, 4.69) is 36.9 Å². The number of carbonyl (C=O) groups excluding carboxylic acids is 3. The van der Waals surface area contributed by atoms with Gasteiger partial charge in [0.05, 0.1) is 108 Å². The van der Waals surface area contributed by atoms with E-state index in [-0.39, 0.29) is 30.7 Å². The average Bonchev–Trinajstić information content (AvgIpc) is 4.04. The third-order valence-corrected chi connectivity index (χ3v) is 15.0. The quantitative estimate of drug-likeness (QED) is 0.0414. The molecule has 3 amide bonds. The molecule has 408 valence electrons. The molecule has 5 aromatic rings. The van der Waals surface area contributed by atoms with Gasteiger partial charge in [0.1, 0.15) is 17.9 Å². The molecule has 4 N–H and O–H groups in total. The number of methoxy groups -OCH3 is 2. The third-order valence-electron chi connectivity index (χ3n) is 13.4. The number of nitriles is 1. The summed E-state index contributed by atoms with van der Waals surface area (Å²) >= 11 is 14.3. The number of aliphatic hydroxyl groups excluding tert-OH is 1. The maximum atomic E-state index is 14.0. The Morgan fingerprint density at radius 3 is 2.33 bits per heavy atom. The number of carbonyl (C=O) groups is 3. The predicted molar refractivity (Wildman–Crippen MR) is 295 cm³/mol. The molecule has 2 fully saturated rings. The van der Waals surface area contributed by atoms with E-state index in [1.165, 1.54) is 18.2 Å². The van der Waals surface area contributed by atoms with Gasteiger partial charge in [0, 0.05) is 82.6 Å². The number of aliphatic hydroxyl groups is 1. The molecule has 2 aliphatic rings. The number of halogens is 2. The largest absolute Gasteiger partial charge is 0.495 e. The lowest BCUT2D eigenvalue weighted by atomic mass is 9.85. The Morgan fingerprint density at radius 1 is 0.908 bits per heavy atom.